The van der Waals surface area contributed by atoms with Crippen LogP contribution in [0.25, 0.3) is 10.1 Å². The fraction of sp³-hybridized carbons (Fsp3) is 0.375. The largest absolute Gasteiger partial charge is 0.326 e. The maximum atomic E-state index is 14.1. The smallest absolute Gasteiger partial charge is 0.132 e. The lowest BCUT2D eigenvalue weighted by Gasteiger charge is -2.20. The molecule has 2 N–H and O–H groups in total. The Morgan fingerprint density at radius 1 is 1.45 bits per heavy atom. The predicted octanol–water partition coefficient (Wildman–Crippen LogP) is 3.90. The molecule has 4 heteroatoms. The number of rotatable bonds is 7. The molecule has 0 fully saturated rings. The van der Waals surface area contributed by atoms with Crippen LogP contribution in [-0.2, 0) is 13.1 Å². The van der Waals surface area contributed by atoms with Gasteiger partial charge in [0.1, 0.15) is 5.82 Å². The van der Waals surface area contributed by atoms with Gasteiger partial charge < -0.3 is 5.73 Å². The molecular weight excluding hydrogens is 271 g/mol. The molecule has 0 atom stereocenters. The van der Waals surface area contributed by atoms with E-state index in [-0.39, 0.29) is 5.82 Å². The molecule has 0 saturated carbocycles. The van der Waals surface area contributed by atoms with Gasteiger partial charge in [-0.1, -0.05) is 19.1 Å². The molecule has 0 aliphatic carbocycles. The first-order chi connectivity index (χ1) is 9.71. The van der Waals surface area contributed by atoms with Crippen LogP contribution in [0.3, 0.4) is 0 Å². The molecular formula is C16H21FN2S. The zero-order valence-electron chi connectivity index (χ0n) is 11.9. The van der Waals surface area contributed by atoms with Crippen molar-refractivity contribution >= 4 is 21.4 Å². The van der Waals surface area contributed by atoms with Crippen molar-refractivity contribution in [2.45, 2.75) is 26.4 Å². The third-order valence-corrected chi connectivity index (χ3v) is 4.56. The van der Waals surface area contributed by atoms with Crippen molar-refractivity contribution < 1.29 is 4.39 Å². The number of fused-ring (bicyclic) bond motifs is 1. The fourth-order valence-electron chi connectivity index (χ4n) is 2.51. The molecule has 108 valence electrons. The maximum absolute atomic E-state index is 14.1. The van der Waals surface area contributed by atoms with E-state index in [0.29, 0.717) is 6.54 Å². The van der Waals surface area contributed by atoms with Crippen LogP contribution in [0.1, 0.15) is 23.8 Å². The molecule has 0 bridgehead atoms. The van der Waals surface area contributed by atoms with Crippen LogP contribution in [-0.4, -0.2) is 18.0 Å². The van der Waals surface area contributed by atoms with Gasteiger partial charge in [-0.2, -0.15) is 0 Å². The summed E-state index contributed by atoms with van der Waals surface area (Å²) in [6, 6.07) is 5.24. The molecule has 20 heavy (non-hydrogen) atoms. The molecule has 0 spiro atoms. The summed E-state index contributed by atoms with van der Waals surface area (Å²) in [7, 11) is 0. The van der Waals surface area contributed by atoms with Crippen LogP contribution in [0.15, 0.2) is 30.9 Å². The topological polar surface area (TPSA) is 29.3 Å². The van der Waals surface area contributed by atoms with E-state index in [1.807, 2.05) is 12.1 Å². The van der Waals surface area contributed by atoms with Gasteiger partial charge in [-0.25, -0.2) is 4.39 Å². The molecule has 2 nitrogen and oxygen atoms in total. The van der Waals surface area contributed by atoms with Crippen molar-refractivity contribution in [1.82, 2.24) is 4.90 Å². The van der Waals surface area contributed by atoms with Gasteiger partial charge in [-0.15, -0.1) is 17.9 Å². The number of nitrogens with two attached hydrogens (primary N) is 1. The Bertz CT molecular complexity index is 591. The summed E-state index contributed by atoms with van der Waals surface area (Å²) in [6.45, 7) is 8.91. The summed E-state index contributed by atoms with van der Waals surface area (Å²) >= 11 is 1.60. The van der Waals surface area contributed by atoms with Crippen LogP contribution in [0.2, 0.25) is 0 Å². The molecule has 0 aliphatic rings. The Morgan fingerprint density at radius 3 is 2.90 bits per heavy atom. The van der Waals surface area contributed by atoms with E-state index in [0.717, 1.165) is 46.6 Å². The Morgan fingerprint density at radius 2 is 2.25 bits per heavy atom. The molecule has 2 rings (SSSR count). The van der Waals surface area contributed by atoms with Crippen LogP contribution >= 0.6 is 11.3 Å². The third kappa shape index (κ3) is 3.08. The summed E-state index contributed by atoms with van der Waals surface area (Å²) in [5.74, 6) is -0.150. The van der Waals surface area contributed by atoms with Gasteiger partial charge in [0, 0.05) is 34.6 Å². The molecule has 0 amide bonds. The van der Waals surface area contributed by atoms with Crippen LogP contribution < -0.4 is 5.73 Å². The van der Waals surface area contributed by atoms with Crippen molar-refractivity contribution in [3.63, 3.8) is 0 Å². The summed E-state index contributed by atoms with van der Waals surface area (Å²) in [4.78, 5) is 3.36. The Balaban J connectivity index is 2.42. The highest BCUT2D eigenvalue weighted by atomic mass is 32.1. The van der Waals surface area contributed by atoms with Crippen LogP contribution in [0.5, 0.6) is 0 Å². The highest BCUT2D eigenvalue weighted by molar-refractivity contribution is 7.19. The van der Waals surface area contributed by atoms with E-state index in [9.17, 15) is 4.39 Å². The molecule has 0 radical (unpaired) electrons. The van der Waals surface area contributed by atoms with Gasteiger partial charge in [0.2, 0.25) is 0 Å². The predicted molar refractivity (Wildman–Crippen MR) is 85.4 cm³/mol. The standard InChI is InChI=1S/C16H21FN2S/c1-3-8-19(9-4-2)11-12-15(10-18)20-14-7-5-6-13(17)16(12)14/h3,5-7H,1,4,8-11,18H2,2H3. The normalized spacial score (nSPS) is 11.4. The Hall–Kier alpha value is -1.23. The first kappa shape index (κ1) is 15.2. The number of halogens is 1. The highest BCUT2D eigenvalue weighted by Gasteiger charge is 2.16. The molecule has 1 aromatic heterocycles. The Labute approximate surface area is 123 Å². The minimum Gasteiger partial charge on any atom is -0.326 e. The van der Waals surface area contributed by atoms with Gasteiger partial charge in [0.25, 0.3) is 0 Å². The second kappa shape index (κ2) is 6.97. The minimum atomic E-state index is -0.150. The highest BCUT2D eigenvalue weighted by Crippen LogP contribution is 2.33. The monoisotopic (exact) mass is 292 g/mol. The number of nitrogens with zero attached hydrogens (tertiary/aromatic N) is 1. The van der Waals surface area contributed by atoms with Crippen molar-refractivity contribution in [2.75, 3.05) is 13.1 Å². The van der Waals surface area contributed by atoms with E-state index in [1.165, 1.54) is 6.07 Å². The number of hydrogen-bond donors (Lipinski definition) is 1. The summed E-state index contributed by atoms with van der Waals surface area (Å²) in [6.07, 6.45) is 2.96. The van der Waals surface area contributed by atoms with Crippen LogP contribution in [0.4, 0.5) is 4.39 Å². The third-order valence-electron chi connectivity index (χ3n) is 3.34. The van der Waals surface area contributed by atoms with E-state index in [2.05, 4.69) is 18.4 Å². The Kier molecular flexibility index (Phi) is 5.29. The molecule has 2 aromatic rings. The lowest BCUT2D eigenvalue weighted by atomic mass is 10.1. The molecule has 0 aliphatic heterocycles. The number of benzene rings is 1. The maximum Gasteiger partial charge on any atom is 0.132 e. The van der Waals surface area contributed by atoms with Gasteiger partial charge in [0.05, 0.1) is 0 Å². The second-order valence-corrected chi connectivity index (χ2v) is 5.98. The zero-order chi connectivity index (χ0) is 14.5. The van der Waals surface area contributed by atoms with Crippen molar-refractivity contribution in [1.29, 1.82) is 0 Å². The first-order valence-corrected chi connectivity index (χ1v) is 7.75. The molecule has 0 unspecified atom stereocenters. The van der Waals surface area contributed by atoms with Crippen molar-refractivity contribution in [3.8, 4) is 0 Å². The quantitative estimate of drug-likeness (QED) is 0.784. The van der Waals surface area contributed by atoms with E-state index in [4.69, 9.17) is 5.73 Å². The average Bonchev–Trinajstić information content (AvgIpc) is 2.79. The van der Waals surface area contributed by atoms with E-state index >= 15 is 0 Å². The summed E-state index contributed by atoms with van der Waals surface area (Å²) < 4.78 is 15.1. The zero-order valence-corrected chi connectivity index (χ0v) is 12.7. The minimum absolute atomic E-state index is 0.150. The van der Waals surface area contributed by atoms with Gasteiger partial charge in [-0.05, 0) is 30.7 Å². The summed E-state index contributed by atoms with van der Waals surface area (Å²) in [5, 5.41) is 0.739. The summed E-state index contributed by atoms with van der Waals surface area (Å²) in [5.41, 5.74) is 6.88. The fourth-order valence-corrected chi connectivity index (χ4v) is 3.61. The number of thiophene rings is 1. The van der Waals surface area contributed by atoms with Crippen molar-refractivity contribution in [3.05, 3.63) is 47.1 Å². The lowest BCUT2D eigenvalue weighted by Crippen LogP contribution is -2.24. The lowest BCUT2D eigenvalue weighted by molar-refractivity contribution is 0.295. The van der Waals surface area contributed by atoms with Gasteiger partial charge in [0.15, 0.2) is 0 Å². The molecule has 1 heterocycles. The second-order valence-electron chi connectivity index (χ2n) is 4.84. The van der Waals surface area contributed by atoms with Gasteiger partial charge >= 0.3 is 0 Å². The van der Waals surface area contributed by atoms with Crippen molar-refractivity contribution in [2.24, 2.45) is 5.73 Å². The number of hydrogen-bond acceptors (Lipinski definition) is 3. The average molecular weight is 292 g/mol. The van der Waals surface area contributed by atoms with E-state index in [1.54, 1.807) is 17.4 Å². The van der Waals surface area contributed by atoms with E-state index < -0.39 is 0 Å². The first-order valence-electron chi connectivity index (χ1n) is 6.93. The van der Waals surface area contributed by atoms with Gasteiger partial charge in [-0.3, -0.25) is 4.90 Å². The molecule has 0 saturated heterocycles. The van der Waals surface area contributed by atoms with Crippen LogP contribution in [0, 0.1) is 5.82 Å². The SMILES string of the molecule is C=CCN(CCC)Cc1c(CN)sc2cccc(F)c12. The molecule has 1 aromatic carbocycles.